The van der Waals surface area contributed by atoms with Crippen molar-refractivity contribution in [1.29, 1.82) is 0 Å². The van der Waals surface area contributed by atoms with Gasteiger partial charge in [-0.3, -0.25) is 0 Å². The molecule has 3 nitrogen and oxygen atoms in total. The molecule has 0 spiro atoms. The molecule has 3 aliphatic rings. The first kappa shape index (κ1) is 23.7. The fourth-order valence-electron chi connectivity index (χ4n) is 5.07. The van der Waals surface area contributed by atoms with E-state index in [1.165, 1.54) is 96.7 Å². The second kappa shape index (κ2) is 11.1. The van der Waals surface area contributed by atoms with Crippen LogP contribution in [0.4, 0.5) is 22.7 Å². The predicted octanol–water partition coefficient (Wildman–Crippen LogP) is -1.04. The summed E-state index contributed by atoms with van der Waals surface area (Å²) in [7, 11) is 0. The van der Waals surface area contributed by atoms with Gasteiger partial charge in [-0.2, -0.15) is 0 Å². The zero-order chi connectivity index (χ0) is 18.8. The molecule has 0 amide bonds. The minimum atomic E-state index is 0. The maximum absolute atomic E-state index is 3.65. The molecule has 0 atom stereocenters. The first-order chi connectivity index (χ1) is 13.8. The second-order valence-electron chi connectivity index (χ2n) is 8.87. The van der Waals surface area contributed by atoms with E-state index in [2.05, 4.69) is 52.3 Å². The molecular weight excluding hydrogens is 433 g/mol. The van der Waals surface area contributed by atoms with Gasteiger partial charge in [0.15, 0.2) is 0 Å². The molecule has 6 heteroatoms. The Morgan fingerprint density at radius 3 is 1.50 bits per heavy atom. The van der Waals surface area contributed by atoms with Gasteiger partial charge in [0.25, 0.3) is 0 Å². The zero-order valence-corrected chi connectivity index (χ0v) is 19.8. The number of fused-ring (bicyclic) bond motifs is 2. The van der Waals surface area contributed by atoms with E-state index in [9.17, 15) is 0 Å². The number of rotatable bonds is 4. The van der Waals surface area contributed by atoms with E-state index in [-0.39, 0.29) is 24.8 Å². The quantitative estimate of drug-likeness (QED) is 0.431. The van der Waals surface area contributed by atoms with Crippen LogP contribution < -0.4 is 40.8 Å². The zero-order valence-electron chi connectivity index (χ0n) is 17.5. The Morgan fingerprint density at radius 2 is 1.07 bits per heavy atom. The van der Waals surface area contributed by atoms with Crippen LogP contribution in [0.3, 0.4) is 0 Å². The standard InChI is InChI=1S/C24H31N3S.2ClH/c1-3-7-17(8-4-1)25-19-11-13-21-23(15-19)28-24-16-20(12-14-22(24)27-21)26-18-9-5-2-6-10-18;;/h11-18,25-27H,1-10H2;2*1H. The summed E-state index contributed by atoms with van der Waals surface area (Å²) in [6.45, 7) is 0. The predicted molar refractivity (Wildman–Crippen MR) is 117 cm³/mol. The van der Waals surface area contributed by atoms with E-state index in [0.717, 1.165) is 12.1 Å². The molecule has 2 aromatic carbocycles. The van der Waals surface area contributed by atoms with Gasteiger partial charge in [-0.05, 0) is 63.5 Å². The Morgan fingerprint density at radius 1 is 0.633 bits per heavy atom. The lowest BCUT2D eigenvalue weighted by molar-refractivity contribution is -0.614. The van der Waals surface area contributed by atoms with Crippen LogP contribution in [0.25, 0.3) is 0 Å². The number of nitrogens with one attached hydrogen (secondary N) is 1. The molecule has 30 heavy (non-hydrogen) atoms. The third kappa shape index (κ3) is 5.66. The smallest absolute Gasteiger partial charge is 0.131 e. The fourth-order valence-corrected chi connectivity index (χ4v) is 6.16. The van der Waals surface area contributed by atoms with Gasteiger partial charge in [0.05, 0.1) is 23.5 Å². The van der Waals surface area contributed by atoms with Crippen molar-refractivity contribution in [3.63, 3.8) is 0 Å². The van der Waals surface area contributed by atoms with Gasteiger partial charge in [0, 0.05) is 34.1 Å². The average molecular weight is 467 g/mol. The van der Waals surface area contributed by atoms with Crippen LogP contribution in [0.1, 0.15) is 64.2 Å². The van der Waals surface area contributed by atoms with Gasteiger partial charge in [-0.1, -0.05) is 24.6 Å². The van der Waals surface area contributed by atoms with Crippen LogP contribution in [-0.4, -0.2) is 12.1 Å². The molecule has 164 valence electrons. The number of nitrogens with two attached hydrogens (primary N) is 2. The molecule has 5 N–H and O–H groups in total. The number of benzene rings is 2. The minimum absolute atomic E-state index is 0. The molecule has 5 rings (SSSR count). The molecule has 2 saturated carbocycles. The van der Waals surface area contributed by atoms with Gasteiger partial charge in [-0.25, -0.2) is 0 Å². The maximum atomic E-state index is 3.65. The van der Waals surface area contributed by atoms with E-state index >= 15 is 0 Å². The summed E-state index contributed by atoms with van der Waals surface area (Å²) < 4.78 is 0. The van der Waals surface area contributed by atoms with Crippen molar-refractivity contribution in [1.82, 2.24) is 0 Å². The summed E-state index contributed by atoms with van der Waals surface area (Å²) in [5.74, 6) is 0. The molecule has 2 aromatic rings. The van der Waals surface area contributed by atoms with Crippen molar-refractivity contribution >= 4 is 34.5 Å². The first-order valence-electron chi connectivity index (χ1n) is 11.3. The summed E-state index contributed by atoms with van der Waals surface area (Å²) in [4.78, 5) is 2.73. The normalized spacial score (nSPS) is 18.9. The molecule has 1 heterocycles. The summed E-state index contributed by atoms with van der Waals surface area (Å²) in [6, 6.07) is 15.4. The van der Waals surface area contributed by atoms with Crippen molar-refractivity contribution < 1.29 is 35.4 Å². The van der Waals surface area contributed by atoms with Crippen molar-refractivity contribution in [2.45, 2.75) is 86.1 Å². The Kier molecular flexibility index (Phi) is 8.79. The second-order valence-corrected chi connectivity index (χ2v) is 9.95. The SMILES string of the molecule is [Cl-].[Cl-].c1cc2c(cc1[NH2+]C1CCCCC1)Sc1cc([NH2+]C3CCCCC3)ccc1N2. The number of anilines is 2. The molecule has 1 aliphatic heterocycles. The van der Waals surface area contributed by atoms with Crippen LogP contribution >= 0.6 is 11.8 Å². The van der Waals surface area contributed by atoms with E-state index in [1.54, 1.807) is 0 Å². The molecule has 0 aromatic heterocycles. The average Bonchev–Trinajstić information content (AvgIpc) is 2.74. The summed E-state index contributed by atoms with van der Waals surface area (Å²) in [5, 5.41) is 8.69. The lowest BCUT2D eigenvalue weighted by Gasteiger charge is -2.24. The third-order valence-electron chi connectivity index (χ3n) is 6.66. The van der Waals surface area contributed by atoms with Gasteiger partial charge in [0.2, 0.25) is 0 Å². The summed E-state index contributed by atoms with van der Waals surface area (Å²) in [5.41, 5.74) is 5.30. The molecule has 2 fully saturated rings. The highest BCUT2D eigenvalue weighted by atomic mass is 35.5. The third-order valence-corrected chi connectivity index (χ3v) is 7.77. The molecule has 0 saturated heterocycles. The van der Waals surface area contributed by atoms with Crippen molar-refractivity contribution in [2.75, 3.05) is 5.32 Å². The Bertz CT molecular complexity index is 766. The van der Waals surface area contributed by atoms with Gasteiger partial charge >= 0.3 is 0 Å². The van der Waals surface area contributed by atoms with E-state index in [1.807, 2.05) is 11.8 Å². The fraction of sp³-hybridized carbons (Fsp3) is 0.500. The number of hydrogen-bond acceptors (Lipinski definition) is 2. The van der Waals surface area contributed by atoms with Crippen LogP contribution in [0.5, 0.6) is 0 Å². The van der Waals surface area contributed by atoms with Gasteiger partial charge in [0.1, 0.15) is 11.4 Å². The maximum Gasteiger partial charge on any atom is 0.131 e. The van der Waals surface area contributed by atoms with Gasteiger partial charge in [-0.15, -0.1) is 0 Å². The largest absolute Gasteiger partial charge is 1.00 e. The first-order valence-corrected chi connectivity index (χ1v) is 12.1. The van der Waals surface area contributed by atoms with Gasteiger partial charge < -0.3 is 40.8 Å². The molecule has 2 aliphatic carbocycles. The van der Waals surface area contributed by atoms with Crippen LogP contribution in [0, 0.1) is 0 Å². The van der Waals surface area contributed by atoms with Crippen molar-refractivity contribution in [3.05, 3.63) is 36.4 Å². The highest BCUT2D eigenvalue weighted by Gasteiger charge is 2.22. The number of halogens is 2. The summed E-state index contributed by atoms with van der Waals surface area (Å²) >= 11 is 1.93. The van der Waals surface area contributed by atoms with Crippen molar-refractivity contribution in [3.8, 4) is 0 Å². The van der Waals surface area contributed by atoms with Crippen LogP contribution in [-0.2, 0) is 0 Å². The van der Waals surface area contributed by atoms with Crippen LogP contribution in [0.15, 0.2) is 46.2 Å². The van der Waals surface area contributed by atoms with E-state index in [0.29, 0.717) is 0 Å². The van der Waals surface area contributed by atoms with Crippen LogP contribution in [0.2, 0.25) is 0 Å². The topological polar surface area (TPSA) is 45.2 Å². The van der Waals surface area contributed by atoms with E-state index in [4.69, 9.17) is 0 Å². The molecule has 0 bridgehead atoms. The lowest BCUT2D eigenvalue weighted by Crippen LogP contribution is -3.00. The molecule has 0 radical (unpaired) electrons. The Labute approximate surface area is 197 Å². The molecule has 0 unspecified atom stereocenters. The summed E-state index contributed by atoms with van der Waals surface area (Å²) in [6.07, 6.45) is 13.9. The van der Waals surface area contributed by atoms with Crippen molar-refractivity contribution in [2.24, 2.45) is 0 Å². The Hall–Kier alpha value is -0.910. The van der Waals surface area contributed by atoms with E-state index < -0.39 is 0 Å². The highest BCUT2D eigenvalue weighted by Crippen LogP contribution is 2.45. The lowest BCUT2D eigenvalue weighted by atomic mass is 9.95. The Balaban J connectivity index is 0.00000128. The number of hydrogen-bond donors (Lipinski definition) is 3. The monoisotopic (exact) mass is 465 g/mol. The number of quaternary nitrogens is 2. The highest BCUT2D eigenvalue weighted by molar-refractivity contribution is 7.99. The molecular formula is C24H33Cl2N3S. The minimum Gasteiger partial charge on any atom is -1.00 e.